The Hall–Kier alpha value is -1.50. The summed E-state index contributed by atoms with van der Waals surface area (Å²) in [5, 5.41) is 5.15. The molecule has 138 valence electrons. The maximum absolute atomic E-state index is 12.5. The van der Waals surface area contributed by atoms with Gasteiger partial charge < -0.3 is 4.57 Å². The standard InChI is InChI=1S/C14H12ClN3O4S4/c1-2-7-18-10-4-3-9(25(16,19)20)8-11(10)23-14(18)17-26(21,22)13-6-5-12(15)24-13/h2-6,8H,1,7H2,(H2,16,19,20). The van der Waals surface area contributed by atoms with Crippen LogP contribution >= 0.6 is 34.3 Å². The van der Waals surface area contributed by atoms with Crippen LogP contribution in [0.3, 0.4) is 0 Å². The first kappa shape index (κ1) is 19.3. The second-order valence-electron chi connectivity index (χ2n) is 5.08. The van der Waals surface area contributed by atoms with Gasteiger partial charge in [0.1, 0.15) is 4.21 Å². The number of aromatic nitrogens is 1. The summed E-state index contributed by atoms with van der Waals surface area (Å²) in [7, 11) is -7.82. The van der Waals surface area contributed by atoms with E-state index in [-0.39, 0.29) is 13.9 Å². The molecule has 2 N–H and O–H groups in total. The Morgan fingerprint density at radius 2 is 1.92 bits per heavy atom. The van der Waals surface area contributed by atoms with Crippen LogP contribution in [0.5, 0.6) is 0 Å². The van der Waals surface area contributed by atoms with Gasteiger partial charge in [-0.25, -0.2) is 13.6 Å². The van der Waals surface area contributed by atoms with Crippen molar-refractivity contribution in [3.63, 3.8) is 0 Å². The average Bonchev–Trinajstić information content (AvgIpc) is 3.11. The van der Waals surface area contributed by atoms with Gasteiger partial charge in [0.05, 0.1) is 19.4 Å². The predicted octanol–water partition coefficient (Wildman–Crippen LogP) is 2.54. The molecule has 0 saturated heterocycles. The Bertz CT molecular complexity index is 1280. The van der Waals surface area contributed by atoms with Crippen LogP contribution in [-0.4, -0.2) is 21.4 Å². The lowest BCUT2D eigenvalue weighted by Gasteiger charge is -2.02. The molecule has 0 aliphatic carbocycles. The molecule has 12 heteroatoms. The number of fused-ring (bicyclic) bond motifs is 1. The normalized spacial score (nSPS) is 13.4. The van der Waals surface area contributed by atoms with Crippen molar-refractivity contribution < 1.29 is 16.8 Å². The third kappa shape index (κ3) is 3.77. The average molecular weight is 450 g/mol. The number of allylic oxidation sites excluding steroid dienone is 1. The first-order chi connectivity index (χ1) is 12.1. The SMILES string of the molecule is C=CCn1c(=NS(=O)(=O)c2ccc(Cl)s2)sc2cc(S(N)(=O)=O)ccc21. The highest BCUT2D eigenvalue weighted by Crippen LogP contribution is 2.27. The quantitative estimate of drug-likeness (QED) is 0.603. The largest absolute Gasteiger partial charge is 0.312 e. The van der Waals surface area contributed by atoms with Gasteiger partial charge in [-0.3, -0.25) is 0 Å². The number of benzene rings is 1. The van der Waals surface area contributed by atoms with Crippen molar-refractivity contribution in [2.75, 3.05) is 0 Å². The van der Waals surface area contributed by atoms with Crippen molar-refractivity contribution in [3.8, 4) is 0 Å². The van der Waals surface area contributed by atoms with Crippen molar-refractivity contribution in [2.24, 2.45) is 9.54 Å². The molecule has 3 rings (SSSR count). The topological polar surface area (TPSA) is 112 Å². The summed E-state index contributed by atoms with van der Waals surface area (Å²) in [6.07, 6.45) is 1.59. The van der Waals surface area contributed by atoms with Crippen LogP contribution in [0.25, 0.3) is 10.2 Å². The molecule has 2 heterocycles. The van der Waals surface area contributed by atoms with Crippen molar-refractivity contribution in [3.05, 3.63) is 52.1 Å². The molecule has 2 aromatic heterocycles. The van der Waals surface area contributed by atoms with Gasteiger partial charge in [0, 0.05) is 6.54 Å². The van der Waals surface area contributed by atoms with Gasteiger partial charge >= 0.3 is 0 Å². The van der Waals surface area contributed by atoms with Crippen molar-refractivity contribution in [1.29, 1.82) is 0 Å². The Morgan fingerprint density at radius 3 is 2.50 bits per heavy atom. The highest BCUT2D eigenvalue weighted by Gasteiger charge is 2.18. The first-order valence-corrected chi connectivity index (χ1v) is 11.9. The molecule has 26 heavy (non-hydrogen) atoms. The summed E-state index contributed by atoms with van der Waals surface area (Å²) in [4.78, 5) is 0.132. The zero-order valence-corrected chi connectivity index (χ0v) is 17.0. The number of hydrogen-bond donors (Lipinski definition) is 1. The van der Waals surface area contributed by atoms with Gasteiger partial charge in [0.15, 0.2) is 0 Å². The number of rotatable bonds is 5. The van der Waals surface area contributed by atoms with Crippen LogP contribution in [-0.2, 0) is 26.6 Å². The molecule has 0 atom stereocenters. The molecule has 0 amide bonds. The Labute approximate surface area is 162 Å². The predicted molar refractivity (Wildman–Crippen MR) is 103 cm³/mol. The molecule has 3 aromatic rings. The molecule has 0 fully saturated rings. The molecule has 0 bridgehead atoms. The van der Waals surface area contributed by atoms with E-state index < -0.39 is 20.0 Å². The minimum Gasteiger partial charge on any atom is -0.312 e. The summed E-state index contributed by atoms with van der Waals surface area (Å²) in [6, 6.07) is 7.18. The number of halogens is 1. The van der Waals surface area contributed by atoms with Crippen LogP contribution in [0.15, 0.2) is 56.5 Å². The van der Waals surface area contributed by atoms with E-state index in [0.29, 0.717) is 21.1 Å². The fourth-order valence-electron chi connectivity index (χ4n) is 2.19. The van der Waals surface area contributed by atoms with Crippen LogP contribution < -0.4 is 9.94 Å². The lowest BCUT2D eigenvalue weighted by molar-refractivity contribution is 0.596. The Balaban J connectivity index is 2.27. The van der Waals surface area contributed by atoms with E-state index in [1.807, 2.05) is 0 Å². The highest BCUT2D eigenvalue weighted by molar-refractivity contribution is 7.92. The van der Waals surface area contributed by atoms with E-state index in [1.165, 1.54) is 24.3 Å². The summed E-state index contributed by atoms with van der Waals surface area (Å²) < 4.78 is 54.5. The van der Waals surface area contributed by atoms with Gasteiger partial charge in [-0.2, -0.15) is 8.42 Å². The number of thiophene rings is 1. The van der Waals surface area contributed by atoms with Crippen molar-refractivity contribution in [2.45, 2.75) is 15.6 Å². The van der Waals surface area contributed by atoms with Crippen LogP contribution in [0.2, 0.25) is 4.34 Å². The zero-order valence-electron chi connectivity index (χ0n) is 13.0. The molecule has 0 unspecified atom stereocenters. The zero-order chi connectivity index (χ0) is 19.1. The summed E-state index contributed by atoms with van der Waals surface area (Å²) in [5.74, 6) is 0. The fraction of sp³-hybridized carbons (Fsp3) is 0.0714. The second kappa shape index (κ2) is 6.91. The fourth-order valence-corrected chi connectivity index (χ4v) is 6.55. The van der Waals surface area contributed by atoms with Crippen molar-refractivity contribution >= 4 is 64.5 Å². The smallest absolute Gasteiger partial charge is 0.294 e. The number of primary sulfonamides is 1. The van der Waals surface area contributed by atoms with Crippen LogP contribution in [0.4, 0.5) is 0 Å². The molecule has 0 saturated carbocycles. The number of hydrogen-bond acceptors (Lipinski definition) is 6. The Morgan fingerprint density at radius 1 is 1.19 bits per heavy atom. The molecule has 1 aromatic carbocycles. The Kier molecular flexibility index (Phi) is 5.12. The number of nitrogens with two attached hydrogens (primary N) is 1. The molecule has 0 spiro atoms. The number of thiazole rings is 1. The monoisotopic (exact) mass is 449 g/mol. The summed E-state index contributed by atoms with van der Waals surface area (Å²) in [6.45, 7) is 3.96. The first-order valence-electron chi connectivity index (χ1n) is 6.95. The van der Waals surface area contributed by atoms with Crippen LogP contribution in [0, 0.1) is 0 Å². The second-order valence-corrected chi connectivity index (χ2v) is 11.2. The minimum absolute atomic E-state index is 0.0235. The maximum Gasteiger partial charge on any atom is 0.294 e. The number of nitrogens with zero attached hydrogens (tertiary/aromatic N) is 2. The molecule has 0 radical (unpaired) electrons. The number of sulfonamides is 2. The summed E-state index contributed by atoms with van der Waals surface area (Å²) in [5.41, 5.74) is 0.625. The van der Waals surface area contributed by atoms with Gasteiger partial charge in [-0.1, -0.05) is 29.0 Å². The van der Waals surface area contributed by atoms with E-state index in [2.05, 4.69) is 11.0 Å². The van der Waals surface area contributed by atoms with Crippen molar-refractivity contribution in [1.82, 2.24) is 4.57 Å². The van der Waals surface area contributed by atoms with Gasteiger partial charge in [-0.15, -0.1) is 22.3 Å². The maximum atomic E-state index is 12.5. The molecular formula is C14H12ClN3O4S4. The molecular weight excluding hydrogens is 438 g/mol. The van der Waals surface area contributed by atoms with E-state index >= 15 is 0 Å². The third-order valence-corrected chi connectivity index (χ3v) is 8.33. The van der Waals surface area contributed by atoms with Gasteiger partial charge in [0.2, 0.25) is 14.8 Å². The van der Waals surface area contributed by atoms with E-state index in [9.17, 15) is 16.8 Å². The van der Waals surface area contributed by atoms with Crippen LogP contribution in [0.1, 0.15) is 0 Å². The lowest BCUT2D eigenvalue weighted by Crippen LogP contribution is -2.16. The molecule has 0 aliphatic heterocycles. The highest BCUT2D eigenvalue weighted by atomic mass is 35.5. The van der Waals surface area contributed by atoms with E-state index in [1.54, 1.807) is 16.7 Å². The third-order valence-electron chi connectivity index (χ3n) is 3.30. The van der Waals surface area contributed by atoms with E-state index in [0.717, 1.165) is 22.7 Å². The van der Waals surface area contributed by atoms with Gasteiger partial charge in [0.25, 0.3) is 10.0 Å². The summed E-state index contributed by atoms with van der Waals surface area (Å²) >= 11 is 7.76. The molecule has 7 nitrogen and oxygen atoms in total. The molecule has 0 aliphatic rings. The minimum atomic E-state index is -3.95. The van der Waals surface area contributed by atoms with Gasteiger partial charge in [-0.05, 0) is 30.3 Å². The lowest BCUT2D eigenvalue weighted by atomic mass is 10.3. The van der Waals surface area contributed by atoms with E-state index in [4.69, 9.17) is 16.7 Å².